The van der Waals surface area contributed by atoms with Gasteiger partial charge in [-0.1, -0.05) is 33.6 Å². The highest BCUT2D eigenvalue weighted by molar-refractivity contribution is 9.10. The number of benzene rings is 1. The molecule has 0 radical (unpaired) electrons. The summed E-state index contributed by atoms with van der Waals surface area (Å²) in [5, 5.41) is 10.9. The van der Waals surface area contributed by atoms with Crippen LogP contribution in [-0.4, -0.2) is 41.8 Å². The van der Waals surface area contributed by atoms with Crippen LogP contribution >= 0.6 is 27.5 Å². The standard InChI is InChI=1S/C15H21BrClNO2/c1-10-8-18(9-11(2)20-10)6-5-15(19)13-4-3-12(16)7-14(13)17/h3-4,7,10-11,15,19H,5-6,8-9H2,1-2H3/t10-,11+,15?. The molecule has 1 aliphatic heterocycles. The third-order valence-electron chi connectivity index (χ3n) is 3.54. The van der Waals surface area contributed by atoms with Gasteiger partial charge in [0.05, 0.1) is 18.3 Å². The third kappa shape index (κ3) is 4.43. The van der Waals surface area contributed by atoms with Crippen molar-refractivity contribution in [1.29, 1.82) is 0 Å². The molecule has 5 heteroatoms. The fraction of sp³-hybridized carbons (Fsp3) is 0.600. The minimum absolute atomic E-state index is 0.257. The van der Waals surface area contributed by atoms with E-state index in [1.807, 2.05) is 18.2 Å². The van der Waals surface area contributed by atoms with Gasteiger partial charge in [0.2, 0.25) is 0 Å². The van der Waals surface area contributed by atoms with E-state index in [4.69, 9.17) is 16.3 Å². The molecule has 3 nitrogen and oxygen atoms in total. The predicted molar refractivity (Wildman–Crippen MR) is 85.2 cm³/mol. The van der Waals surface area contributed by atoms with Crippen LogP contribution in [0.3, 0.4) is 0 Å². The summed E-state index contributed by atoms with van der Waals surface area (Å²) in [6, 6.07) is 5.60. The van der Waals surface area contributed by atoms with E-state index >= 15 is 0 Å². The molecule has 0 spiro atoms. The Kier molecular flexibility index (Phi) is 5.87. The summed E-state index contributed by atoms with van der Waals surface area (Å²) in [6.45, 7) is 6.87. The maximum Gasteiger partial charge on any atom is 0.0816 e. The van der Waals surface area contributed by atoms with Crippen molar-refractivity contribution in [2.24, 2.45) is 0 Å². The fourth-order valence-corrected chi connectivity index (χ4v) is 3.50. The molecule has 1 saturated heterocycles. The number of hydrogen-bond donors (Lipinski definition) is 1. The van der Waals surface area contributed by atoms with Crippen molar-refractivity contribution in [2.75, 3.05) is 19.6 Å². The molecule has 0 aliphatic carbocycles. The van der Waals surface area contributed by atoms with Gasteiger partial charge in [-0.2, -0.15) is 0 Å². The summed E-state index contributed by atoms with van der Waals surface area (Å²) in [5.41, 5.74) is 0.796. The van der Waals surface area contributed by atoms with Crippen LogP contribution in [0.4, 0.5) is 0 Å². The van der Waals surface area contributed by atoms with Gasteiger partial charge in [0.25, 0.3) is 0 Å². The molecule has 112 valence electrons. The largest absolute Gasteiger partial charge is 0.388 e. The minimum atomic E-state index is -0.524. The van der Waals surface area contributed by atoms with Gasteiger partial charge in [-0.05, 0) is 38.0 Å². The predicted octanol–water partition coefficient (Wildman–Crippen LogP) is 3.64. The minimum Gasteiger partial charge on any atom is -0.388 e. The van der Waals surface area contributed by atoms with Gasteiger partial charge < -0.3 is 9.84 Å². The van der Waals surface area contributed by atoms with Gasteiger partial charge in [-0.25, -0.2) is 0 Å². The van der Waals surface area contributed by atoms with Gasteiger partial charge in [0.15, 0.2) is 0 Å². The van der Waals surface area contributed by atoms with Crippen LogP contribution in [0.5, 0.6) is 0 Å². The van der Waals surface area contributed by atoms with E-state index in [1.54, 1.807) is 0 Å². The Bertz CT molecular complexity index is 447. The number of aliphatic hydroxyl groups is 1. The van der Waals surface area contributed by atoms with E-state index in [-0.39, 0.29) is 12.2 Å². The molecule has 1 N–H and O–H groups in total. The average molecular weight is 363 g/mol. The van der Waals surface area contributed by atoms with E-state index < -0.39 is 6.10 Å². The lowest BCUT2D eigenvalue weighted by molar-refractivity contribution is -0.0702. The Morgan fingerprint density at radius 1 is 1.40 bits per heavy atom. The van der Waals surface area contributed by atoms with Crippen molar-refractivity contribution >= 4 is 27.5 Å². The van der Waals surface area contributed by atoms with E-state index in [1.165, 1.54) is 0 Å². The summed E-state index contributed by atoms with van der Waals surface area (Å²) >= 11 is 9.54. The smallest absolute Gasteiger partial charge is 0.0816 e. The number of ether oxygens (including phenoxy) is 1. The van der Waals surface area contributed by atoms with Gasteiger partial charge in [-0.15, -0.1) is 0 Å². The molecule has 0 bridgehead atoms. The molecule has 1 unspecified atom stereocenters. The lowest BCUT2D eigenvalue weighted by Crippen LogP contribution is -2.45. The second kappa shape index (κ2) is 7.23. The quantitative estimate of drug-likeness (QED) is 0.887. The summed E-state index contributed by atoms with van der Waals surface area (Å²) < 4.78 is 6.63. The Balaban J connectivity index is 1.90. The lowest BCUT2D eigenvalue weighted by Gasteiger charge is -2.35. The summed E-state index contributed by atoms with van der Waals surface area (Å²) in [5.74, 6) is 0. The number of hydrogen-bond acceptors (Lipinski definition) is 3. The van der Waals surface area contributed by atoms with Gasteiger partial charge >= 0.3 is 0 Å². The third-order valence-corrected chi connectivity index (χ3v) is 4.36. The molecule has 2 rings (SSSR count). The van der Waals surface area contributed by atoms with Crippen LogP contribution in [0.15, 0.2) is 22.7 Å². The topological polar surface area (TPSA) is 32.7 Å². The summed E-state index contributed by atoms with van der Waals surface area (Å²) in [6.07, 6.45) is 0.671. The van der Waals surface area contributed by atoms with Crippen LogP contribution in [0.25, 0.3) is 0 Å². The number of aliphatic hydroxyl groups excluding tert-OH is 1. The molecule has 1 aromatic carbocycles. The molecule has 1 aromatic rings. The molecular formula is C15H21BrClNO2. The molecular weight excluding hydrogens is 342 g/mol. The molecule has 1 heterocycles. The van der Waals surface area contributed by atoms with Crippen molar-refractivity contribution < 1.29 is 9.84 Å². The van der Waals surface area contributed by atoms with E-state index in [0.717, 1.165) is 29.7 Å². The van der Waals surface area contributed by atoms with E-state index in [2.05, 4.69) is 34.7 Å². The zero-order valence-electron chi connectivity index (χ0n) is 11.9. The van der Waals surface area contributed by atoms with Crippen LogP contribution in [-0.2, 0) is 4.74 Å². The molecule has 0 saturated carbocycles. The Morgan fingerprint density at radius 2 is 2.05 bits per heavy atom. The van der Waals surface area contributed by atoms with Crippen LogP contribution in [0.2, 0.25) is 5.02 Å². The molecule has 3 atom stereocenters. The van der Waals surface area contributed by atoms with Crippen molar-refractivity contribution in [3.63, 3.8) is 0 Å². The normalized spacial score (nSPS) is 25.6. The number of rotatable bonds is 4. The van der Waals surface area contributed by atoms with Crippen molar-refractivity contribution in [3.8, 4) is 0 Å². The zero-order chi connectivity index (χ0) is 14.7. The summed E-state index contributed by atoms with van der Waals surface area (Å²) in [7, 11) is 0. The lowest BCUT2D eigenvalue weighted by atomic mass is 10.1. The maximum absolute atomic E-state index is 10.3. The first-order valence-corrected chi connectivity index (χ1v) is 8.13. The van der Waals surface area contributed by atoms with Crippen LogP contribution < -0.4 is 0 Å². The van der Waals surface area contributed by atoms with Crippen molar-refractivity contribution in [3.05, 3.63) is 33.3 Å². The SMILES string of the molecule is C[C@@H]1CN(CCC(O)c2ccc(Br)cc2Cl)C[C@H](C)O1. The number of morpholine rings is 1. The van der Waals surface area contributed by atoms with Crippen LogP contribution in [0.1, 0.15) is 31.9 Å². The van der Waals surface area contributed by atoms with Gasteiger partial charge in [0, 0.05) is 29.1 Å². The fourth-order valence-electron chi connectivity index (χ4n) is 2.70. The molecule has 1 aliphatic rings. The monoisotopic (exact) mass is 361 g/mol. The molecule has 1 fully saturated rings. The Labute approximate surface area is 134 Å². The highest BCUT2D eigenvalue weighted by Gasteiger charge is 2.23. The molecule has 0 aromatic heterocycles. The van der Waals surface area contributed by atoms with Crippen LogP contribution in [0, 0.1) is 0 Å². The van der Waals surface area contributed by atoms with Crippen molar-refractivity contribution in [2.45, 2.75) is 38.6 Å². The first-order chi connectivity index (χ1) is 9.45. The first kappa shape index (κ1) is 16.2. The summed E-state index contributed by atoms with van der Waals surface area (Å²) in [4.78, 5) is 2.34. The Hall–Kier alpha value is -0.130. The van der Waals surface area contributed by atoms with Gasteiger partial charge in [0.1, 0.15) is 0 Å². The highest BCUT2D eigenvalue weighted by Crippen LogP contribution is 2.28. The Morgan fingerprint density at radius 3 is 2.65 bits per heavy atom. The van der Waals surface area contributed by atoms with Crippen molar-refractivity contribution in [1.82, 2.24) is 4.90 Å². The van der Waals surface area contributed by atoms with Gasteiger partial charge in [-0.3, -0.25) is 4.90 Å². The average Bonchev–Trinajstić information content (AvgIpc) is 2.35. The van der Waals surface area contributed by atoms with E-state index in [0.29, 0.717) is 11.4 Å². The number of nitrogens with zero attached hydrogens (tertiary/aromatic N) is 1. The second-order valence-electron chi connectivity index (χ2n) is 5.49. The molecule has 20 heavy (non-hydrogen) atoms. The zero-order valence-corrected chi connectivity index (χ0v) is 14.2. The first-order valence-electron chi connectivity index (χ1n) is 6.96. The molecule has 0 amide bonds. The maximum atomic E-state index is 10.3. The number of halogens is 2. The highest BCUT2D eigenvalue weighted by atomic mass is 79.9. The second-order valence-corrected chi connectivity index (χ2v) is 6.81. The van der Waals surface area contributed by atoms with E-state index in [9.17, 15) is 5.11 Å².